The molecule has 1 saturated heterocycles. The van der Waals surface area contributed by atoms with Gasteiger partial charge in [-0.1, -0.05) is 13.8 Å². The molecule has 0 radical (unpaired) electrons. The smallest absolute Gasteiger partial charge is 0.191 e. The Morgan fingerprint density at radius 3 is 2.84 bits per heavy atom. The van der Waals surface area contributed by atoms with Crippen molar-refractivity contribution in [1.82, 2.24) is 4.90 Å². The van der Waals surface area contributed by atoms with Crippen LogP contribution < -0.4 is 5.73 Å². The highest BCUT2D eigenvalue weighted by atomic mass is 127. The van der Waals surface area contributed by atoms with Gasteiger partial charge in [-0.25, -0.2) is 4.99 Å². The van der Waals surface area contributed by atoms with E-state index in [1.165, 1.54) is 22.6 Å². The molecule has 1 aliphatic heterocycles. The average molecular weight is 393 g/mol. The van der Waals surface area contributed by atoms with Gasteiger partial charge in [0.15, 0.2) is 5.96 Å². The second kappa shape index (κ2) is 8.09. The Bertz CT molecular complexity index is 417. The van der Waals surface area contributed by atoms with Crippen molar-refractivity contribution in [3.05, 3.63) is 21.9 Å². The molecule has 2 heterocycles. The number of piperidine rings is 1. The van der Waals surface area contributed by atoms with Crippen LogP contribution in [0.4, 0.5) is 0 Å². The molecule has 3 nitrogen and oxygen atoms in total. The lowest BCUT2D eigenvalue weighted by Crippen LogP contribution is -2.43. The van der Waals surface area contributed by atoms with E-state index in [9.17, 15) is 0 Å². The van der Waals surface area contributed by atoms with Crippen molar-refractivity contribution >= 4 is 41.3 Å². The number of nitrogens with zero attached hydrogens (tertiary/aromatic N) is 2. The molecule has 1 aromatic rings. The minimum Gasteiger partial charge on any atom is -0.370 e. The fourth-order valence-electron chi connectivity index (χ4n) is 2.35. The lowest BCUT2D eigenvalue weighted by Gasteiger charge is -2.31. The summed E-state index contributed by atoms with van der Waals surface area (Å²) in [4.78, 5) is 9.48. The maximum absolute atomic E-state index is 6.08. The topological polar surface area (TPSA) is 41.6 Å². The third kappa shape index (κ3) is 4.95. The molecular formula is C14H24IN3S. The lowest BCUT2D eigenvalue weighted by molar-refractivity contribution is 0.270. The van der Waals surface area contributed by atoms with Gasteiger partial charge in [-0.15, -0.1) is 35.3 Å². The van der Waals surface area contributed by atoms with Crippen LogP contribution >= 0.6 is 35.3 Å². The van der Waals surface area contributed by atoms with Crippen molar-refractivity contribution in [3.63, 3.8) is 0 Å². The maximum atomic E-state index is 6.08. The van der Waals surface area contributed by atoms with E-state index in [1.807, 2.05) is 11.3 Å². The Kier molecular flexibility index (Phi) is 7.13. The Balaban J connectivity index is 0.00000180. The van der Waals surface area contributed by atoms with Crippen molar-refractivity contribution in [3.8, 4) is 0 Å². The summed E-state index contributed by atoms with van der Waals surface area (Å²) in [5.41, 5.74) is 6.08. The van der Waals surface area contributed by atoms with Crippen LogP contribution in [0.25, 0.3) is 0 Å². The summed E-state index contributed by atoms with van der Waals surface area (Å²) in [7, 11) is 0. The molecule has 0 spiro atoms. The first kappa shape index (κ1) is 16.8. The van der Waals surface area contributed by atoms with Crippen LogP contribution in [-0.2, 0) is 13.0 Å². The van der Waals surface area contributed by atoms with Crippen LogP contribution in [0.3, 0.4) is 0 Å². The van der Waals surface area contributed by atoms with E-state index in [0.717, 1.165) is 32.0 Å². The van der Waals surface area contributed by atoms with E-state index in [0.29, 0.717) is 5.96 Å². The van der Waals surface area contributed by atoms with Gasteiger partial charge in [0.25, 0.3) is 0 Å². The molecule has 0 bridgehead atoms. The highest BCUT2D eigenvalue weighted by molar-refractivity contribution is 14.0. The zero-order chi connectivity index (χ0) is 13.0. The van der Waals surface area contributed by atoms with E-state index in [4.69, 9.17) is 5.73 Å². The van der Waals surface area contributed by atoms with E-state index < -0.39 is 0 Å². The van der Waals surface area contributed by atoms with Gasteiger partial charge in [0, 0.05) is 22.8 Å². The largest absolute Gasteiger partial charge is 0.370 e. The third-order valence-electron chi connectivity index (χ3n) is 3.44. The van der Waals surface area contributed by atoms with Gasteiger partial charge in [0.1, 0.15) is 0 Å². The predicted octanol–water partition coefficient (Wildman–Crippen LogP) is 3.48. The molecule has 1 unspecified atom stereocenters. The van der Waals surface area contributed by atoms with Crippen LogP contribution in [0.1, 0.15) is 36.4 Å². The van der Waals surface area contributed by atoms with Crippen LogP contribution in [-0.4, -0.2) is 23.9 Å². The molecule has 108 valence electrons. The molecule has 1 atom stereocenters. The van der Waals surface area contributed by atoms with Crippen molar-refractivity contribution in [2.24, 2.45) is 16.6 Å². The standard InChI is InChI=1S/C14H23N3S.HI/c1-3-12-6-7-13(18-12)9-16-14(15)17-8-4-5-11(2)10-17;/h6-7,11H,3-5,8-10H2,1-2H3,(H2,15,16);1H. The zero-order valence-electron chi connectivity index (χ0n) is 11.8. The van der Waals surface area contributed by atoms with Crippen molar-refractivity contribution in [1.29, 1.82) is 0 Å². The van der Waals surface area contributed by atoms with Gasteiger partial charge >= 0.3 is 0 Å². The number of rotatable bonds is 3. The summed E-state index contributed by atoms with van der Waals surface area (Å²) in [6.07, 6.45) is 3.65. The highest BCUT2D eigenvalue weighted by Crippen LogP contribution is 2.18. The van der Waals surface area contributed by atoms with Gasteiger partial charge in [-0.2, -0.15) is 0 Å². The molecule has 2 rings (SSSR count). The number of thiophene rings is 1. The normalized spacial score (nSPS) is 20.2. The molecule has 1 aromatic heterocycles. The monoisotopic (exact) mass is 393 g/mol. The predicted molar refractivity (Wildman–Crippen MR) is 94.4 cm³/mol. The number of halogens is 1. The SMILES string of the molecule is CCc1ccc(CN=C(N)N2CCCC(C)C2)s1.I. The summed E-state index contributed by atoms with van der Waals surface area (Å²) in [6.45, 7) is 7.31. The molecule has 19 heavy (non-hydrogen) atoms. The van der Waals surface area contributed by atoms with Crippen LogP contribution in [0, 0.1) is 5.92 Å². The van der Waals surface area contributed by atoms with Gasteiger partial charge in [-0.05, 0) is 37.3 Å². The Labute approximate surface area is 137 Å². The molecule has 5 heteroatoms. The van der Waals surface area contributed by atoms with Crippen molar-refractivity contribution < 1.29 is 0 Å². The number of hydrogen-bond donors (Lipinski definition) is 1. The van der Waals surface area contributed by atoms with E-state index in [2.05, 4.69) is 35.9 Å². The van der Waals surface area contributed by atoms with Gasteiger partial charge in [0.05, 0.1) is 6.54 Å². The fourth-order valence-corrected chi connectivity index (χ4v) is 3.24. The quantitative estimate of drug-likeness (QED) is 0.486. The van der Waals surface area contributed by atoms with E-state index >= 15 is 0 Å². The van der Waals surface area contributed by atoms with Gasteiger partial charge in [-0.3, -0.25) is 0 Å². The number of aliphatic imine (C=N–C) groups is 1. The number of nitrogens with two attached hydrogens (primary N) is 1. The second-order valence-electron chi connectivity index (χ2n) is 5.09. The number of aryl methyl sites for hydroxylation is 1. The van der Waals surface area contributed by atoms with Gasteiger partial charge < -0.3 is 10.6 Å². The molecular weight excluding hydrogens is 369 g/mol. The fraction of sp³-hybridized carbons (Fsp3) is 0.643. The molecule has 1 fully saturated rings. The molecule has 2 N–H and O–H groups in total. The molecule has 0 aliphatic carbocycles. The minimum absolute atomic E-state index is 0. The summed E-state index contributed by atoms with van der Waals surface area (Å²) in [5.74, 6) is 1.45. The zero-order valence-corrected chi connectivity index (χ0v) is 14.9. The first-order valence-corrected chi connectivity index (χ1v) is 7.63. The van der Waals surface area contributed by atoms with Crippen LogP contribution in [0.5, 0.6) is 0 Å². The molecule has 1 aliphatic rings. The summed E-state index contributed by atoms with van der Waals surface area (Å²) in [6, 6.07) is 4.35. The second-order valence-corrected chi connectivity index (χ2v) is 6.34. The van der Waals surface area contributed by atoms with Crippen molar-refractivity contribution in [2.45, 2.75) is 39.7 Å². The van der Waals surface area contributed by atoms with Gasteiger partial charge in [0.2, 0.25) is 0 Å². The average Bonchev–Trinajstić information content (AvgIpc) is 2.84. The Morgan fingerprint density at radius 1 is 1.47 bits per heavy atom. The minimum atomic E-state index is 0. The summed E-state index contributed by atoms with van der Waals surface area (Å²) < 4.78 is 0. The van der Waals surface area contributed by atoms with Crippen molar-refractivity contribution in [2.75, 3.05) is 13.1 Å². The Hall–Kier alpha value is -0.300. The number of likely N-dealkylation sites (tertiary alicyclic amines) is 1. The first-order chi connectivity index (χ1) is 8.69. The van der Waals surface area contributed by atoms with Crippen LogP contribution in [0.2, 0.25) is 0 Å². The molecule has 0 saturated carbocycles. The molecule has 0 aromatic carbocycles. The van der Waals surface area contributed by atoms with E-state index in [1.54, 1.807) is 0 Å². The van der Waals surface area contributed by atoms with Crippen LogP contribution in [0.15, 0.2) is 17.1 Å². The highest BCUT2D eigenvalue weighted by Gasteiger charge is 2.17. The maximum Gasteiger partial charge on any atom is 0.191 e. The molecule has 0 amide bonds. The first-order valence-electron chi connectivity index (χ1n) is 6.81. The lowest BCUT2D eigenvalue weighted by atomic mass is 10.0. The van der Waals surface area contributed by atoms with E-state index in [-0.39, 0.29) is 24.0 Å². The number of guanidine groups is 1. The summed E-state index contributed by atoms with van der Waals surface area (Å²) in [5, 5.41) is 0. The third-order valence-corrected chi connectivity index (χ3v) is 4.66. The Morgan fingerprint density at radius 2 is 2.21 bits per heavy atom. The summed E-state index contributed by atoms with van der Waals surface area (Å²) >= 11 is 1.84. The number of hydrogen-bond acceptors (Lipinski definition) is 2.